The van der Waals surface area contributed by atoms with E-state index in [1.165, 1.54) is 31.4 Å². The molecule has 2 aromatic rings. The number of ketones is 1. The van der Waals surface area contributed by atoms with Crippen molar-refractivity contribution < 1.29 is 28.6 Å². The van der Waals surface area contributed by atoms with Crippen LogP contribution >= 0.6 is 0 Å². The van der Waals surface area contributed by atoms with E-state index in [4.69, 9.17) is 13.9 Å². The van der Waals surface area contributed by atoms with Gasteiger partial charge in [-0.1, -0.05) is 6.07 Å². The minimum atomic E-state index is -0.778. The van der Waals surface area contributed by atoms with Gasteiger partial charge in [0, 0.05) is 13.1 Å². The number of rotatable bonds is 8. The van der Waals surface area contributed by atoms with E-state index in [-0.39, 0.29) is 11.3 Å². The summed E-state index contributed by atoms with van der Waals surface area (Å²) < 4.78 is 15.9. The molecule has 0 saturated carbocycles. The van der Waals surface area contributed by atoms with Crippen molar-refractivity contribution in [3.8, 4) is 11.5 Å². The van der Waals surface area contributed by atoms with Crippen LogP contribution in [0.25, 0.3) is 0 Å². The number of nitrogens with zero attached hydrogens (tertiary/aromatic N) is 2. The number of methoxy groups -OCH3 is 2. The molecule has 1 aromatic carbocycles. The van der Waals surface area contributed by atoms with Gasteiger partial charge in [0.2, 0.25) is 5.78 Å². The molecular weight excluding hydrogens is 376 g/mol. The Morgan fingerprint density at radius 2 is 1.93 bits per heavy atom. The molecule has 29 heavy (non-hydrogen) atoms. The lowest BCUT2D eigenvalue weighted by atomic mass is 9.94. The lowest BCUT2D eigenvalue weighted by molar-refractivity contribution is -0.129. The maximum absolute atomic E-state index is 13.1. The van der Waals surface area contributed by atoms with Gasteiger partial charge in [-0.25, -0.2) is 0 Å². The van der Waals surface area contributed by atoms with Crippen molar-refractivity contribution in [3.05, 3.63) is 59.3 Å². The summed E-state index contributed by atoms with van der Waals surface area (Å²) >= 11 is 0. The number of hydrogen-bond acceptors (Lipinski definition) is 7. The minimum Gasteiger partial charge on any atom is -0.503 e. The van der Waals surface area contributed by atoms with Crippen LogP contribution in [-0.2, 0) is 4.79 Å². The van der Waals surface area contributed by atoms with Gasteiger partial charge in [-0.15, -0.1) is 0 Å². The van der Waals surface area contributed by atoms with E-state index < -0.39 is 23.5 Å². The molecule has 2 heterocycles. The van der Waals surface area contributed by atoms with E-state index >= 15 is 0 Å². The summed E-state index contributed by atoms with van der Waals surface area (Å²) in [6, 6.07) is 7.45. The summed E-state index contributed by atoms with van der Waals surface area (Å²) in [5.41, 5.74) is 0.602. The van der Waals surface area contributed by atoms with Crippen molar-refractivity contribution in [1.29, 1.82) is 0 Å². The first-order valence-electron chi connectivity index (χ1n) is 9.08. The monoisotopic (exact) mass is 400 g/mol. The molecule has 8 heteroatoms. The SMILES string of the molecule is COc1ccc(C2C(C(=O)c3ccco3)=C(O)C(=O)N2CCN(C)C)cc1OC. The molecule has 8 nitrogen and oxygen atoms in total. The molecule has 154 valence electrons. The zero-order valence-electron chi connectivity index (χ0n) is 16.8. The fraction of sp³-hybridized carbons (Fsp3) is 0.333. The molecule has 1 amide bonds. The molecule has 0 spiro atoms. The van der Waals surface area contributed by atoms with Crippen molar-refractivity contribution in [2.75, 3.05) is 41.4 Å². The highest BCUT2D eigenvalue weighted by Gasteiger charge is 2.44. The summed E-state index contributed by atoms with van der Waals surface area (Å²) in [6.45, 7) is 0.884. The molecule has 0 radical (unpaired) electrons. The molecular formula is C21H24N2O6. The first-order chi connectivity index (χ1) is 13.9. The quantitative estimate of drug-likeness (QED) is 0.681. The maximum Gasteiger partial charge on any atom is 0.290 e. The molecule has 1 N–H and O–H groups in total. The number of aliphatic hydroxyl groups is 1. The molecule has 0 fully saturated rings. The fourth-order valence-corrected chi connectivity index (χ4v) is 3.33. The van der Waals surface area contributed by atoms with Crippen molar-refractivity contribution >= 4 is 11.7 Å². The van der Waals surface area contributed by atoms with Gasteiger partial charge >= 0.3 is 0 Å². The van der Waals surface area contributed by atoms with E-state index in [9.17, 15) is 14.7 Å². The molecule has 1 atom stereocenters. The van der Waals surface area contributed by atoms with Crippen LogP contribution in [0, 0.1) is 0 Å². The Hall–Kier alpha value is -3.26. The third kappa shape index (κ3) is 3.84. The maximum atomic E-state index is 13.1. The Morgan fingerprint density at radius 1 is 1.21 bits per heavy atom. The predicted octanol–water partition coefficient (Wildman–Crippen LogP) is 2.44. The minimum absolute atomic E-state index is 0.0177. The second-order valence-corrected chi connectivity index (χ2v) is 6.89. The summed E-state index contributed by atoms with van der Waals surface area (Å²) in [6.07, 6.45) is 1.37. The number of carbonyl (C=O) groups excluding carboxylic acids is 2. The second-order valence-electron chi connectivity index (χ2n) is 6.89. The fourth-order valence-electron chi connectivity index (χ4n) is 3.33. The molecule has 0 saturated heterocycles. The van der Waals surface area contributed by atoms with E-state index in [1.807, 2.05) is 19.0 Å². The normalized spacial score (nSPS) is 16.7. The Morgan fingerprint density at radius 3 is 2.52 bits per heavy atom. The average Bonchev–Trinajstić information content (AvgIpc) is 3.33. The summed E-state index contributed by atoms with van der Waals surface area (Å²) in [5.74, 6) is -0.660. The number of hydrogen-bond donors (Lipinski definition) is 1. The first kappa shape index (κ1) is 20.5. The largest absolute Gasteiger partial charge is 0.503 e. The van der Waals surface area contributed by atoms with Gasteiger partial charge in [0.15, 0.2) is 23.0 Å². The molecule has 1 aliphatic heterocycles. The Labute approximate surface area is 168 Å². The summed E-state index contributed by atoms with van der Waals surface area (Å²) in [5, 5.41) is 10.6. The Kier molecular flexibility index (Phi) is 5.93. The van der Waals surface area contributed by atoms with Crippen LogP contribution < -0.4 is 9.47 Å². The lowest BCUT2D eigenvalue weighted by Crippen LogP contribution is -2.36. The summed E-state index contributed by atoms with van der Waals surface area (Å²) in [7, 11) is 6.80. The van der Waals surface area contributed by atoms with Gasteiger partial charge in [-0.3, -0.25) is 9.59 Å². The molecule has 3 rings (SSSR count). The van der Waals surface area contributed by atoms with E-state index in [2.05, 4.69) is 0 Å². The van der Waals surface area contributed by atoms with Gasteiger partial charge in [-0.05, 0) is 43.9 Å². The van der Waals surface area contributed by atoms with Gasteiger partial charge < -0.3 is 28.8 Å². The number of ether oxygens (including phenoxy) is 2. The predicted molar refractivity (Wildman–Crippen MR) is 105 cm³/mol. The van der Waals surface area contributed by atoms with Crippen LogP contribution in [0.1, 0.15) is 22.2 Å². The van der Waals surface area contributed by atoms with Gasteiger partial charge in [-0.2, -0.15) is 0 Å². The van der Waals surface area contributed by atoms with Crippen LogP contribution in [0.5, 0.6) is 11.5 Å². The van der Waals surface area contributed by atoms with Crippen molar-refractivity contribution in [2.24, 2.45) is 0 Å². The highest BCUT2D eigenvalue weighted by atomic mass is 16.5. The Balaban J connectivity index is 2.10. The molecule has 0 aliphatic carbocycles. The lowest BCUT2D eigenvalue weighted by Gasteiger charge is -2.28. The molecule has 1 aromatic heterocycles. The number of benzene rings is 1. The second kappa shape index (κ2) is 8.40. The van der Waals surface area contributed by atoms with E-state index in [0.717, 1.165) is 0 Å². The van der Waals surface area contributed by atoms with Crippen LogP contribution in [0.15, 0.2) is 52.3 Å². The van der Waals surface area contributed by atoms with Crippen molar-refractivity contribution in [2.45, 2.75) is 6.04 Å². The average molecular weight is 400 g/mol. The van der Waals surface area contributed by atoms with Gasteiger partial charge in [0.25, 0.3) is 5.91 Å². The number of aliphatic hydroxyl groups excluding tert-OH is 1. The third-order valence-electron chi connectivity index (χ3n) is 4.80. The first-order valence-corrected chi connectivity index (χ1v) is 9.08. The number of Topliss-reactive ketones (excluding diaryl/α,β-unsaturated/α-hetero) is 1. The van der Waals surface area contributed by atoms with Gasteiger partial charge in [0.05, 0.1) is 32.1 Å². The van der Waals surface area contributed by atoms with E-state index in [1.54, 1.807) is 24.3 Å². The zero-order chi connectivity index (χ0) is 21.1. The Bertz CT molecular complexity index is 933. The molecule has 0 bridgehead atoms. The number of carbonyl (C=O) groups is 2. The van der Waals surface area contributed by atoms with Crippen molar-refractivity contribution in [1.82, 2.24) is 9.80 Å². The third-order valence-corrected chi connectivity index (χ3v) is 4.80. The van der Waals surface area contributed by atoms with Crippen molar-refractivity contribution in [3.63, 3.8) is 0 Å². The highest BCUT2D eigenvalue weighted by Crippen LogP contribution is 2.41. The van der Waals surface area contributed by atoms with E-state index in [0.29, 0.717) is 30.2 Å². The topological polar surface area (TPSA) is 92.5 Å². The van der Waals surface area contributed by atoms with Crippen LogP contribution in [0.3, 0.4) is 0 Å². The standard InChI is InChI=1S/C21H24N2O6/c1-22(2)9-10-23-18(13-7-8-14(27-3)16(12-13)28-4)17(20(25)21(23)26)19(24)15-6-5-11-29-15/h5-8,11-12,18,25H,9-10H2,1-4H3. The molecule has 1 aliphatic rings. The zero-order valence-corrected chi connectivity index (χ0v) is 16.8. The molecule has 1 unspecified atom stereocenters. The smallest absolute Gasteiger partial charge is 0.290 e. The highest BCUT2D eigenvalue weighted by molar-refractivity contribution is 6.15. The number of likely N-dealkylation sites (N-methyl/N-ethyl adjacent to an activating group) is 1. The summed E-state index contributed by atoms with van der Waals surface area (Å²) in [4.78, 5) is 29.3. The van der Waals surface area contributed by atoms with Crippen LogP contribution in [0.4, 0.5) is 0 Å². The number of amides is 1. The van der Waals surface area contributed by atoms with Crippen LogP contribution in [-0.4, -0.2) is 68.0 Å². The van der Waals surface area contributed by atoms with Gasteiger partial charge in [0.1, 0.15) is 0 Å². The van der Waals surface area contributed by atoms with Crippen LogP contribution in [0.2, 0.25) is 0 Å². The number of furan rings is 1.